The third-order valence-corrected chi connectivity index (χ3v) is 5.61. The van der Waals surface area contributed by atoms with E-state index in [1.165, 1.54) is 6.92 Å². The van der Waals surface area contributed by atoms with Crippen molar-refractivity contribution in [1.29, 1.82) is 0 Å². The zero-order chi connectivity index (χ0) is 19.6. The summed E-state index contributed by atoms with van der Waals surface area (Å²) in [5.74, 6) is 1.17. The van der Waals surface area contributed by atoms with E-state index in [-0.39, 0.29) is 30.2 Å². The van der Waals surface area contributed by atoms with E-state index in [9.17, 15) is 9.59 Å². The molecule has 1 aromatic rings. The summed E-state index contributed by atoms with van der Waals surface area (Å²) >= 11 is 0. The fraction of sp³-hybridized carbons (Fsp3) is 0.455. The average molecular weight is 370 g/mol. The Bertz CT molecular complexity index is 794. The van der Waals surface area contributed by atoms with Gasteiger partial charge in [-0.05, 0) is 49.8 Å². The van der Waals surface area contributed by atoms with Crippen LogP contribution in [0.1, 0.15) is 42.6 Å². The molecule has 1 heterocycles. The molecule has 2 unspecified atom stereocenters. The largest absolute Gasteiger partial charge is 0.496 e. The highest BCUT2D eigenvalue weighted by molar-refractivity contribution is 5.97. The van der Waals surface area contributed by atoms with Gasteiger partial charge in [0.1, 0.15) is 17.1 Å². The van der Waals surface area contributed by atoms with Crippen LogP contribution in [0.25, 0.3) is 0 Å². The van der Waals surface area contributed by atoms with Crippen LogP contribution in [0.4, 0.5) is 0 Å². The number of allylic oxidation sites excluding steroid dienone is 2. The molecule has 1 aromatic carbocycles. The summed E-state index contributed by atoms with van der Waals surface area (Å²) in [6, 6.07) is 5.67. The maximum Gasteiger partial charge on any atom is 0.189 e. The number of Topliss-reactive ketones (excluding diaryl/α,β-unsaturated/α-hetero) is 1. The molecule has 3 rings (SSSR count). The molecule has 1 fully saturated rings. The van der Waals surface area contributed by atoms with E-state index in [1.807, 2.05) is 18.2 Å². The lowest BCUT2D eigenvalue weighted by Crippen LogP contribution is -2.44. The van der Waals surface area contributed by atoms with Gasteiger partial charge in [-0.3, -0.25) is 9.59 Å². The summed E-state index contributed by atoms with van der Waals surface area (Å²) in [4.78, 5) is 24.2. The molecule has 0 amide bonds. The van der Waals surface area contributed by atoms with Crippen LogP contribution in [-0.2, 0) is 20.7 Å². The Morgan fingerprint density at radius 1 is 1.48 bits per heavy atom. The van der Waals surface area contributed by atoms with Crippen molar-refractivity contribution in [3.63, 3.8) is 0 Å². The lowest BCUT2D eigenvalue weighted by Gasteiger charge is -2.38. The quantitative estimate of drug-likeness (QED) is 0.539. The molecule has 2 aliphatic rings. The summed E-state index contributed by atoms with van der Waals surface area (Å²) in [6.07, 6.45) is 5.27. The van der Waals surface area contributed by atoms with Crippen LogP contribution >= 0.6 is 0 Å². The van der Waals surface area contributed by atoms with Crippen LogP contribution in [0.3, 0.4) is 0 Å². The molecule has 0 N–H and O–H groups in total. The van der Waals surface area contributed by atoms with Crippen LogP contribution in [-0.4, -0.2) is 31.1 Å². The van der Waals surface area contributed by atoms with Crippen LogP contribution < -0.4 is 4.74 Å². The minimum absolute atomic E-state index is 0.0325. The number of methoxy groups -OCH3 is 1. The first kappa shape index (κ1) is 19.4. The van der Waals surface area contributed by atoms with Gasteiger partial charge < -0.3 is 14.2 Å². The Morgan fingerprint density at radius 3 is 2.93 bits per heavy atom. The molecule has 1 aliphatic heterocycles. The predicted molar refractivity (Wildman–Crippen MR) is 102 cm³/mol. The maximum atomic E-state index is 12.3. The minimum Gasteiger partial charge on any atom is -0.496 e. The molecule has 5 nitrogen and oxygen atoms in total. The molecular weight excluding hydrogens is 344 g/mol. The molecule has 0 saturated carbocycles. The van der Waals surface area contributed by atoms with Crippen molar-refractivity contribution >= 4 is 11.6 Å². The fourth-order valence-electron chi connectivity index (χ4n) is 4.09. The number of ether oxygens (including phenoxy) is 3. The van der Waals surface area contributed by atoms with E-state index in [1.54, 1.807) is 19.3 Å². The first-order valence-corrected chi connectivity index (χ1v) is 9.22. The SMILES string of the molecule is C=CCC1C[C@]2(C(C)Cc3ccc(OC)c(C(C)=O)c3)OCOC2=CC1=O. The zero-order valence-corrected chi connectivity index (χ0v) is 16.1. The topological polar surface area (TPSA) is 61.8 Å². The van der Waals surface area contributed by atoms with Crippen molar-refractivity contribution in [3.8, 4) is 5.75 Å². The predicted octanol–water partition coefficient (Wildman–Crippen LogP) is 3.87. The molecule has 0 radical (unpaired) electrons. The molecule has 3 atom stereocenters. The highest BCUT2D eigenvalue weighted by Gasteiger charge is 2.51. The highest BCUT2D eigenvalue weighted by atomic mass is 16.7. The monoisotopic (exact) mass is 370 g/mol. The number of hydrogen-bond acceptors (Lipinski definition) is 5. The standard InChI is InChI=1S/C22H26O5/c1-5-6-17-12-22(21(11-19(17)24)26-13-27-22)14(2)9-16-7-8-20(25-4)18(10-16)15(3)23/h5,7-8,10-11,14,17H,1,6,9,12-13H2,2-4H3/t14?,17?,22-/m1/s1. The number of ketones is 2. The third-order valence-electron chi connectivity index (χ3n) is 5.61. The summed E-state index contributed by atoms with van der Waals surface area (Å²) in [6.45, 7) is 7.55. The second-order valence-electron chi connectivity index (χ2n) is 7.33. The first-order chi connectivity index (χ1) is 12.9. The Labute approximate surface area is 160 Å². The van der Waals surface area contributed by atoms with Gasteiger partial charge in [0.2, 0.25) is 0 Å². The number of carbonyl (C=O) groups is 2. The smallest absolute Gasteiger partial charge is 0.189 e. The van der Waals surface area contributed by atoms with Crippen LogP contribution in [0.2, 0.25) is 0 Å². The zero-order valence-electron chi connectivity index (χ0n) is 16.1. The summed E-state index contributed by atoms with van der Waals surface area (Å²) in [5, 5.41) is 0. The number of hydrogen-bond donors (Lipinski definition) is 0. The lowest BCUT2D eigenvalue weighted by molar-refractivity contribution is -0.123. The molecule has 144 valence electrons. The Morgan fingerprint density at radius 2 is 2.26 bits per heavy atom. The molecule has 1 aliphatic carbocycles. The van der Waals surface area contributed by atoms with E-state index in [0.29, 0.717) is 36.3 Å². The van der Waals surface area contributed by atoms with Crippen molar-refractivity contribution in [2.24, 2.45) is 11.8 Å². The van der Waals surface area contributed by atoms with Gasteiger partial charge >= 0.3 is 0 Å². The van der Waals surface area contributed by atoms with Gasteiger partial charge in [-0.25, -0.2) is 0 Å². The van der Waals surface area contributed by atoms with E-state index >= 15 is 0 Å². The number of rotatable bonds is 7. The Hall–Kier alpha value is -2.40. The Balaban J connectivity index is 1.88. The van der Waals surface area contributed by atoms with Crippen LogP contribution in [0.5, 0.6) is 5.75 Å². The second-order valence-corrected chi connectivity index (χ2v) is 7.33. The third kappa shape index (κ3) is 3.56. The average Bonchev–Trinajstić information content (AvgIpc) is 3.06. The molecule has 27 heavy (non-hydrogen) atoms. The van der Waals surface area contributed by atoms with Gasteiger partial charge in [0, 0.05) is 12.0 Å². The number of carbonyl (C=O) groups excluding carboxylic acids is 2. The van der Waals surface area contributed by atoms with E-state index in [2.05, 4.69) is 13.5 Å². The van der Waals surface area contributed by atoms with Gasteiger partial charge in [-0.15, -0.1) is 6.58 Å². The van der Waals surface area contributed by atoms with E-state index in [0.717, 1.165) is 5.56 Å². The molecule has 0 spiro atoms. The normalized spacial score (nSPS) is 25.2. The van der Waals surface area contributed by atoms with Gasteiger partial charge in [-0.1, -0.05) is 19.1 Å². The lowest BCUT2D eigenvalue weighted by atomic mass is 9.71. The van der Waals surface area contributed by atoms with Gasteiger partial charge in [0.05, 0.1) is 12.7 Å². The molecule has 5 heteroatoms. The van der Waals surface area contributed by atoms with E-state index in [4.69, 9.17) is 14.2 Å². The van der Waals surface area contributed by atoms with Crippen molar-refractivity contribution < 1.29 is 23.8 Å². The van der Waals surface area contributed by atoms with E-state index < -0.39 is 5.60 Å². The van der Waals surface area contributed by atoms with Crippen molar-refractivity contribution in [2.45, 2.75) is 38.7 Å². The van der Waals surface area contributed by atoms with Crippen LogP contribution in [0, 0.1) is 11.8 Å². The number of benzene rings is 1. The van der Waals surface area contributed by atoms with Crippen molar-refractivity contribution in [1.82, 2.24) is 0 Å². The maximum absolute atomic E-state index is 12.3. The summed E-state index contributed by atoms with van der Waals surface area (Å²) in [7, 11) is 1.56. The summed E-state index contributed by atoms with van der Waals surface area (Å²) < 4.78 is 17.0. The summed E-state index contributed by atoms with van der Waals surface area (Å²) in [5.41, 5.74) is 0.982. The molecule has 0 aromatic heterocycles. The molecule has 0 bridgehead atoms. The number of fused-ring (bicyclic) bond motifs is 1. The molecular formula is C22H26O5. The first-order valence-electron chi connectivity index (χ1n) is 9.22. The highest BCUT2D eigenvalue weighted by Crippen LogP contribution is 2.46. The van der Waals surface area contributed by atoms with Gasteiger partial charge in [-0.2, -0.15) is 0 Å². The Kier molecular flexibility index (Phi) is 5.51. The minimum atomic E-state index is -0.613. The fourth-order valence-corrected chi connectivity index (χ4v) is 4.09. The van der Waals surface area contributed by atoms with Gasteiger partial charge in [0.15, 0.2) is 18.4 Å². The van der Waals surface area contributed by atoms with Crippen molar-refractivity contribution in [3.05, 3.63) is 53.8 Å². The molecule has 1 saturated heterocycles. The van der Waals surface area contributed by atoms with Crippen LogP contribution in [0.15, 0.2) is 42.7 Å². The van der Waals surface area contributed by atoms with Gasteiger partial charge in [0.25, 0.3) is 0 Å². The van der Waals surface area contributed by atoms with Crippen molar-refractivity contribution in [2.75, 3.05) is 13.9 Å². The second kappa shape index (κ2) is 7.69.